The number of esters is 2. The number of phosphoric ester groups is 1. The SMILES string of the molecule is CCCCCCC/C=C\C/C=C\CCCCCCCCCCCCCC(=O)OC(COC(=O)CCCCCCCCCCCCCCCCCCCCCCCCCCCCCCCCCCCC)COP(=O)(O)OCCN. The van der Waals surface area contributed by atoms with Gasteiger partial charge in [0.2, 0.25) is 0 Å². The Morgan fingerprint density at radius 2 is 0.667 bits per heavy atom. The van der Waals surface area contributed by atoms with E-state index in [0.29, 0.717) is 6.42 Å². The number of carbonyl (C=O) groups excluding carboxylic acids is 2. The highest BCUT2D eigenvalue weighted by Gasteiger charge is 2.26. The van der Waals surface area contributed by atoms with E-state index in [9.17, 15) is 19.0 Å². The lowest BCUT2D eigenvalue weighted by atomic mass is 10.0. The van der Waals surface area contributed by atoms with Gasteiger partial charge in [-0.2, -0.15) is 0 Å². The molecule has 78 heavy (non-hydrogen) atoms. The van der Waals surface area contributed by atoms with Gasteiger partial charge >= 0.3 is 19.8 Å². The Hall–Kier alpha value is -1.51. The number of ether oxygens (including phenoxy) is 2. The van der Waals surface area contributed by atoms with Gasteiger partial charge in [-0.05, 0) is 44.9 Å². The van der Waals surface area contributed by atoms with Crippen molar-refractivity contribution in [3.8, 4) is 0 Å². The van der Waals surface area contributed by atoms with Crippen LogP contribution < -0.4 is 5.73 Å². The van der Waals surface area contributed by atoms with Crippen molar-refractivity contribution in [1.29, 1.82) is 0 Å². The number of carbonyl (C=O) groups is 2. The van der Waals surface area contributed by atoms with Gasteiger partial charge in [0, 0.05) is 19.4 Å². The van der Waals surface area contributed by atoms with Crippen molar-refractivity contribution in [2.75, 3.05) is 26.4 Å². The van der Waals surface area contributed by atoms with E-state index < -0.39 is 26.5 Å². The van der Waals surface area contributed by atoms with Crippen LogP contribution in [-0.2, 0) is 32.7 Å². The van der Waals surface area contributed by atoms with E-state index in [1.165, 1.54) is 289 Å². The summed E-state index contributed by atoms with van der Waals surface area (Å²) >= 11 is 0. The number of rotatable bonds is 66. The number of hydrogen-bond acceptors (Lipinski definition) is 8. The molecule has 0 aliphatic carbocycles. The van der Waals surface area contributed by atoms with Crippen molar-refractivity contribution in [3.05, 3.63) is 24.3 Å². The molecule has 3 N–H and O–H groups in total. The molecule has 0 heterocycles. The van der Waals surface area contributed by atoms with Crippen LogP contribution in [0.5, 0.6) is 0 Å². The Kier molecular flexibility index (Phi) is 63.4. The van der Waals surface area contributed by atoms with Gasteiger partial charge in [-0.25, -0.2) is 4.57 Å². The molecule has 0 rings (SSSR count). The van der Waals surface area contributed by atoms with E-state index in [1.807, 2.05) is 0 Å². The quantitative estimate of drug-likeness (QED) is 0.0264. The number of phosphoric acid groups is 1. The summed E-state index contributed by atoms with van der Waals surface area (Å²) in [5.74, 6) is -0.809. The summed E-state index contributed by atoms with van der Waals surface area (Å²) in [5.41, 5.74) is 5.40. The minimum Gasteiger partial charge on any atom is -0.462 e. The average molecular weight is 1120 g/mol. The third-order valence-electron chi connectivity index (χ3n) is 15.6. The third-order valence-corrected chi connectivity index (χ3v) is 16.6. The molecule has 0 radical (unpaired) electrons. The van der Waals surface area contributed by atoms with E-state index in [2.05, 4.69) is 38.2 Å². The third kappa shape index (κ3) is 63.7. The van der Waals surface area contributed by atoms with E-state index in [-0.39, 0.29) is 38.6 Å². The number of unbranched alkanes of at least 4 members (excludes halogenated alkanes) is 49. The lowest BCUT2D eigenvalue weighted by Crippen LogP contribution is -2.29. The molecule has 462 valence electrons. The molecule has 0 aromatic heterocycles. The molecule has 0 fully saturated rings. The fourth-order valence-corrected chi connectivity index (χ4v) is 11.3. The van der Waals surface area contributed by atoms with Crippen LogP contribution in [0.2, 0.25) is 0 Å². The maximum absolute atomic E-state index is 12.7. The van der Waals surface area contributed by atoms with Gasteiger partial charge in [0.05, 0.1) is 13.2 Å². The summed E-state index contributed by atoms with van der Waals surface area (Å²) in [5, 5.41) is 0. The van der Waals surface area contributed by atoms with Crippen LogP contribution in [0, 0.1) is 0 Å². The van der Waals surface area contributed by atoms with Gasteiger partial charge in [0.25, 0.3) is 0 Å². The molecule has 9 nitrogen and oxygen atoms in total. The summed E-state index contributed by atoms with van der Waals surface area (Å²) in [4.78, 5) is 35.3. The number of nitrogens with two attached hydrogens (primary N) is 1. The van der Waals surface area contributed by atoms with Crippen molar-refractivity contribution in [2.24, 2.45) is 5.73 Å². The Balaban J connectivity index is 3.80. The van der Waals surface area contributed by atoms with Crippen molar-refractivity contribution in [1.82, 2.24) is 0 Å². The number of hydrogen-bond donors (Lipinski definition) is 2. The predicted molar refractivity (Wildman–Crippen MR) is 335 cm³/mol. The Morgan fingerprint density at radius 1 is 0.385 bits per heavy atom. The lowest BCUT2D eigenvalue weighted by molar-refractivity contribution is -0.161. The highest BCUT2D eigenvalue weighted by Crippen LogP contribution is 2.43. The van der Waals surface area contributed by atoms with Crippen molar-refractivity contribution < 1.29 is 37.6 Å². The second-order valence-corrected chi connectivity index (χ2v) is 24.9. The fourth-order valence-electron chi connectivity index (χ4n) is 10.5. The van der Waals surface area contributed by atoms with Crippen LogP contribution in [0.1, 0.15) is 367 Å². The first-order chi connectivity index (χ1) is 38.3. The molecule has 0 aromatic carbocycles. The van der Waals surface area contributed by atoms with Gasteiger partial charge in [-0.15, -0.1) is 0 Å². The molecule has 10 heteroatoms. The van der Waals surface area contributed by atoms with E-state index in [0.717, 1.165) is 44.9 Å². The molecular formula is C68H132NO8P. The van der Waals surface area contributed by atoms with Gasteiger partial charge in [0.1, 0.15) is 6.61 Å². The highest BCUT2D eigenvalue weighted by atomic mass is 31.2. The summed E-state index contributed by atoms with van der Waals surface area (Å²) < 4.78 is 33.2. The van der Waals surface area contributed by atoms with Crippen molar-refractivity contribution >= 4 is 19.8 Å². The second-order valence-electron chi connectivity index (χ2n) is 23.4. The zero-order valence-corrected chi connectivity index (χ0v) is 52.8. The Labute approximate surface area is 484 Å². The molecule has 2 atom stereocenters. The van der Waals surface area contributed by atoms with Crippen LogP contribution in [0.4, 0.5) is 0 Å². The molecule has 2 unspecified atom stereocenters. The van der Waals surface area contributed by atoms with Crippen LogP contribution in [0.3, 0.4) is 0 Å². The van der Waals surface area contributed by atoms with Crippen molar-refractivity contribution in [3.63, 3.8) is 0 Å². The summed E-state index contributed by atoms with van der Waals surface area (Å²) in [7, 11) is -4.39. The maximum Gasteiger partial charge on any atom is 0.472 e. The summed E-state index contributed by atoms with van der Waals surface area (Å²) in [6, 6.07) is 0. The van der Waals surface area contributed by atoms with Gasteiger partial charge in [-0.1, -0.05) is 334 Å². The minimum absolute atomic E-state index is 0.0556. The highest BCUT2D eigenvalue weighted by molar-refractivity contribution is 7.47. The molecule has 0 spiro atoms. The van der Waals surface area contributed by atoms with E-state index in [4.69, 9.17) is 24.3 Å². The molecule has 0 bridgehead atoms. The monoisotopic (exact) mass is 1120 g/mol. The zero-order chi connectivity index (χ0) is 56.6. The van der Waals surface area contributed by atoms with Gasteiger partial charge < -0.3 is 20.1 Å². The molecule has 0 saturated heterocycles. The first-order valence-electron chi connectivity index (χ1n) is 34.3. The standard InChI is InChI=1S/C68H132NO8P/c1-3-5-7-9-11-13-15-17-19-21-23-25-27-28-29-30-31-32-33-34-35-36-37-39-40-42-44-46-48-50-52-54-56-58-60-67(70)74-64-66(65-76-78(72,73)75-63-62-69)77-68(71)61-59-57-55-53-51-49-47-45-43-41-38-26-24-22-20-18-16-14-12-10-8-6-4-2/h16,18,22,24,66H,3-15,17,19-21,23,25-65,69H2,1-2H3,(H,72,73)/b18-16-,24-22-. The predicted octanol–water partition coefficient (Wildman–Crippen LogP) is 22.1. The zero-order valence-electron chi connectivity index (χ0n) is 51.9. The van der Waals surface area contributed by atoms with Crippen molar-refractivity contribution in [2.45, 2.75) is 373 Å². The molecule has 0 aromatic rings. The average Bonchev–Trinajstić information content (AvgIpc) is 3.43. The second kappa shape index (κ2) is 64.7. The molecule has 0 amide bonds. The molecular weight excluding hydrogens is 990 g/mol. The summed E-state index contributed by atoms with van der Waals surface area (Å²) in [6.07, 6.45) is 78.5. The van der Waals surface area contributed by atoms with Gasteiger partial charge in [0.15, 0.2) is 6.10 Å². The van der Waals surface area contributed by atoms with Crippen LogP contribution >= 0.6 is 7.82 Å². The lowest BCUT2D eigenvalue weighted by Gasteiger charge is -2.19. The number of allylic oxidation sites excluding steroid dienone is 4. The van der Waals surface area contributed by atoms with E-state index in [1.54, 1.807) is 0 Å². The molecule has 0 aliphatic heterocycles. The fraction of sp³-hybridized carbons (Fsp3) is 0.912. The smallest absolute Gasteiger partial charge is 0.462 e. The van der Waals surface area contributed by atoms with Crippen LogP contribution in [0.15, 0.2) is 24.3 Å². The molecule has 0 aliphatic rings. The Morgan fingerprint density at radius 3 is 0.974 bits per heavy atom. The molecule has 0 saturated carbocycles. The first-order valence-corrected chi connectivity index (χ1v) is 35.8. The maximum atomic E-state index is 12.7. The topological polar surface area (TPSA) is 134 Å². The minimum atomic E-state index is -4.39. The Bertz CT molecular complexity index is 1330. The van der Waals surface area contributed by atoms with E-state index >= 15 is 0 Å². The largest absolute Gasteiger partial charge is 0.472 e. The van der Waals surface area contributed by atoms with Gasteiger partial charge in [-0.3, -0.25) is 18.6 Å². The first kappa shape index (κ1) is 76.5. The normalized spacial score (nSPS) is 13.0. The van der Waals surface area contributed by atoms with Crippen LogP contribution in [-0.4, -0.2) is 49.3 Å². The van der Waals surface area contributed by atoms with Crippen LogP contribution in [0.25, 0.3) is 0 Å². The summed E-state index contributed by atoms with van der Waals surface area (Å²) in [6.45, 7) is 3.81.